The number of ether oxygens (including phenoxy) is 1. The second-order valence-electron chi connectivity index (χ2n) is 17.0. The number of carbonyl (C=O) groups excluding carboxylic acids is 3. The number of alkyl halides is 6. The number of carboxylic acid groups (broad SMARTS) is 1. The molecule has 13 nitrogen and oxygen atoms in total. The molecule has 0 bridgehead atoms. The first-order chi connectivity index (χ1) is 27.4. The maximum atomic E-state index is 14.8. The smallest absolute Gasteiger partial charge is 0.420 e. The number of allylic oxidation sites excluding steroid dienone is 1. The molecule has 2 aromatic rings. The highest BCUT2D eigenvalue weighted by Gasteiger charge is 2.74. The van der Waals surface area contributed by atoms with Crippen molar-refractivity contribution in [1.82, 2.24) is 24.8 Å². The van der Waals surface area contributed by atoms with Crippen molar-refractivity contribution in [3.8, 4) is 5.75 Å². The van der Waals surface area contributed by atoms with E-state index in [2.05, 4.69) is 15.0 Å². The average Bonchev–Trinajstić information content (AvgIpc) is 4.04. The zero-order valence-electron chi connectivity index (χ0n) is 32.5. The molecule has 59 heavy (non-hydrogen) atoms. The number of aryl methyl sites for hydroxylation is 2. The number of fused-ring (bicyclic) bond motifs is 5. The molecule has 0 radical (unpaired) electrons. The first-order valence-corrected chi connectivity index (χ1v) is 21.0. The summed E-state index contributed by atoms with van der Waals surface area (Å²) in [6.07, 6.45) is -11.4. The molecule has 322 valence electrons. The third-order valence-electron chi connectivity index (χ3n) is 13.0. The number of nitrogens with zero attached hydrogens (tertiary/aromatic N) is 3. The molecule has 3 aliphatic heterocycles. The van der Waals surface area contributed by atoms with E-state index in [9.17, 15) is 59.0 Å². The molecular formula is C39H45F6N5O8S. The number of halogens is 6. The van der Waals surface area contributed by atoms with Crippen molar-refractivity contribution in [3.05, 3.63) is 47.7 Å². The molecular weight excluding hydrogens is 813 g/mol. The minimum absolute atomic E-state index is 0.0497. The number of aromatic nitrogens is 1. The van der Waals surface area contributed by atoms with Crippen molar-refractivity contribution in [3.63, 3.8) is 0 Å². The van der Waals surface area contributed by atoms with Gasteiger partial charge in [-0.3, -0.25) is 24.0 Å². The molecule has 2 saturated carbocycles. The molecule has 1 saturated heterocycles. The maximum Gasteiger partial charge on any atom is 0.420 e. The summed E-state index contributed by atoms with van der Waals surface area (Å²) in [6, 6.07) is 2.94. The van der Waals surface area contributed by atoms with Crippen LogP contribution in [0.25, 0.3) is 10.9 Å². The minimum atomic E-state index is -6.24. The summed E-state index contributed by atoms with van der Waals surface area (Å²) >= 11 is 0. The van der Waals surface area contributed by atoms with Crippen molar-refractivity contribution < 1.29 is 63.8 Å². The van der Waals surface area contributed by atoms with E-state index in [0.29, 0.717) is 49.1 Å². The van der Waals surface area contributed by atoms with Gasteiger partial charge in [-0.05, 0) is 78.2 Å². The van der Waals surface area contributed by atoms with E-state index in [0.717, 1.165) is 15.8 Å². The fourth-order valence-electron chi connectivity index (χ4n) is 8.80. The van der Waals surface area contributed by atoms with E-state index in [1.165, 1.54) is 6.92 Å². The van der Waals surface area contributed by atoms with Gasteiger partial charge in [-0.2, -0.15) is 26.3 Å². The van der Waals surface area contributed by atoms with Crippen LogP contribution in [0.3, 0.4) is 0 Å². The van der Waals surface area contributed by atoms with Gasteiger partial charge in [0, 0.05) is 23.3 Å². The van der Waals surface area contributed by atoms with Gasteiger partial charge < -0.3 is 20.1 Å². The molecule has 1 spiro atoms. The molecule has 3 fully saturated rings. The second-order valence-corrected chi connectivity index (χ2v) is 19.1. The highest BCUT2D eigenvalue weighted by Crippen LogP contribution is 2.51. The number of nitrogens with one attached hydrogen (secondary N) is 2. The molecule has 5 atom stereocenters. The normalized spacial score (nSPS) is 29.2. The van der Waals surface area contributed by atoms with Crippen LogP contribution < -0.4 is 14.8 Å². The van der Waals surface area contributed by atoms with E-state index in [1.54, 1.807) is 37.3 Å². The number of para-hydroxylation sites is 1. The Morgan fingerprint density at radius 3 is 2.36 bits per heavy atom. The summed E-state index contributed by atoms with van der Waals surface area (Å²) in [5, 5.41) is 13.6. The number of carbonyl (C=O) groups is 4. The number of hydrogen-bond acceptors (Lipinski definition) is 8. The van der Waals surface area contributed by atoms with Gasteiger partial charge in [0.1, 0.15) is 29.0 Å². The molecule has 0 unspecified atom stereocenters. The van der Waals surface area contributed by atoms with Crippen LogP contribution in [0.1, 0.15) is 89.3 Å². The Balaban J connectivity index is 1.32. The summed E-state index contributed by atoms with van der Waals surface area (Å²) in [6.45, 7) is 2.25. The molecule has 3 N–H and O–H groups in total. The fraction of sp³-hybridized carbons (Fsp3) is 0.615. The summed E-state index contributed by atoms with van der Waals surface area (Å²) in [7, 11) is -4.20. The largest absolute Gasteiger partial charge is 0.483 e. The lowest BCUT2D eigenvalue weighted by molar-refractivity contribution is -0.331. The van der Waals surface area contributed by atoms with Crippen LogP contribution in [0, 0.1) is 12.8 Å². The summed E-state index contributed by atoms with van der Waals surface area (Å²) < 4.78 is 122. The van der Waals surface area contributed by atoms with E-state index >= 15 is 0 Å². The lowest BCUT2D eigenvalue weighted by Gasteiger charge is -2.46. The van der Waals surface area contributed by atoms with Gasteiger partial charge in [-0.1, -0.05) is 43.2 Å². The number of rotatable bonds is 5. The summed E-state index contributed by atoms with van der Waals surface area (Å²) in [5.41, 5.74) is -6.50. The molecule has 4 amide bonds. The summed E-state index contributed by atoms with van der Waals surface area (Å²) in [4.78, 5) is 60.6. The number of hydrogen-bond donors (Lipinski definition) is 3. The molecule has 2 aliphatic carbocycles. The van der Waals surface area contributed by atoms with Crippen molar-refractivity contribution in [2.24, 2.45) is 5.92 Å². The quantitative estimate of drug-likeness (QED) is 0.247. The molecule has 1 aromatic heterocycles. The maximum absolute atomic E-state index is 14.8. The van der Waals surface area contributed by atoms with Crippen molar-refractivity contribution in [1.29, 1.82) is 0 Å². The van der Waals surface area contributed by atoms with Crippen LogP contribution in [0.5, 0.6) is 5.75 Å². The predicted octanol–water partition coefficient (Wildman–Crippen LogP) is 5.83. The van der Waals surface area contributed by atoms with E-state index < -0.39 is 103 Å². The number of sulfonamides is 1. The van der Waals surface area contributed by atoms with Crippen LogP contribution in [0.2, 0.25) is 0 Å². The first kappa shape index (κ1) is 42.5. The molecule has 7 rings (SSSR count). The number of benzene rings is 1. The third-order valence-corrected chi connectivity index (χ3v) is 15.1. The van der Waals surface area contributed by atoms with Crippen molar-refractivity contribution >= 4 is 44.7 Å². The summed E-state index contributed by atoms with van der Waals surface area (Å²) in [5.74, 6) is -3.97. The first-order valence-electron chi connectivity index (χ1n) is 19.5. The van der Waals surface area contributed by atoms with Gasteiger partial charge in [-0.15, -0.1) is 0 Å². The number of amides is 4. The second kappa shape index (κ2) is 14.2. The molecule has 5 aliphatic rings. The van der Waals surface area contributed by atoms with Crippen molar-refractivity contribution in [2.75, 3.05) is 6.54 Å². The molecule has 4 heterocycles. The Morgan fingerprint density at radius 2 is 1.71 bits per heavy atom. The van der Waals surface area contributed by atoms with Gasteiger partial charge in [0.25, 0.3) is 5.91 Å². The Bertz CT molecular complexity index is 2220. The Labute approximate surface area is 335 Å². The van der Waals surface area contributed by atoms with Crippen LogP contribution in [0.4, 0.5) is 31.1 Å². The molecule has 1 aromatic carbocycles. The Morgan fingerprint density at radius 1 is 1.03 bits per heavy atom. The van der Waals surface area contributed by atoms with Crippen LogP contribution >= 0.6 is 0 Å². The third kappa shape index (κ3) is 7.15. The van der Waals surface area contributed by atoms with Crippen molar-refractivity contribution in [2.45, 2.75) is 137 Å². The van der Waals surface area contributed by atoms with Gasteiger partial charge >= 0.3 is 18.4 Å². The Hall–Kier alpha value is -4.62. The van der Waals surface area contributed by atoms with E-state index in [4.69, 9.17) is 4.74 Å². The van der Waals surface area contributed by atoms with E-state index in [-0.39, 0.29) is 39.0 Å². The van der Waals surface area contributed by atoms with Gasteiger partial charge in [-0.25, -0.2) is 18.2 Å². The van der Waals surface area contributed by atoms with Crippen LogP contribution in [-0.2, 0) is 30.8 Å². The Kier molecular flexibility index (Phi) is 10.3. The highest BCUT2D eigenvalue weighted by atomic mass is 32.2. The fourth-order valence-corrected chi connectivity index (χ4v) is 10.1. The monoisotopic (exact) mass is 857 g/mol. The number of pyridine rings is 1. The predicted molar refractivity (Wildman–Crippen MR) is 198 cm³/mol. The van der Waals surface area contributed by atoms with Gasteiger partial charge in [0.15, 0.2) is 0 Å². The lowest BCUT2D eigenvalue weighted by Crippen LogP contribution is -2.71. The SMILES string of the molecule is Cc1nc2ccccc2c2c1O[C@]1(CC2)C[C@H]2C(=O)N[C@]3(C(=O)NS(=O)(=O)C4(C)CC4)C[C@H]3/C=C\CCCCC[C@H](N(C(=O)O)C(C)(C(F)(F)F)C(F)(F)F)C(=O)N2C1. The zero-order valence-corrected chi connectivity index (χ0v) is 33.3. The minimum Gasteiger partial charge on any atom is -0.483 e. The standard InChI is InChI=1S/C39H45F6N5O8S/c1-22-29-25(24-12-9-10-13-26(24)46-22)15-16-36(58-29)20-28-30(51)47-37(32(53)48-59(56,57)34(2)17-18-34)19-23(37)11-7-5-4-6-8-14-27(31(52)49(28)21-36)50(33(54)55)35(3,38(40,41)42)39(43,44)45/h7,9-13,23,27-28H,4-6,8,14-21H2,1-3H3,(H,47,51)(H,48,53)(H,54,55)/b11-7-/t23-,27+,28+,36-,37-/m1/s1. The lowest BCUT2D eigenvalue weighted by atomic mass is 9.87. The zero-order chi connectivity index (χ0) is 43.1. The molecule has 20 heteroatoms. The van der Waals surface area contributed by atoms with Crippen LogP contribution in [-0.4, -0.2) is 105 Å². The average molecular weight is 858 g/mol. The topological polar surface area (TPSA) is 175 Å². The highest BCUT2D eigenvalue weighted by molar-refractivity contribution is 7.91. The van der Waals surface area contributed by atoms with Crippen LogP contribution in [0.15, 0.2) is 36.4 Å². The van der Waals surface area contributed by atoms with Gasteiger partial charge in [0.05, 0.1) is 22.5 Å². The van der Waals surface area contributed by atoms with Gasteiger partial charge in [0.2, 0.25) is 27.4 Å². The van der Waals surface area contributed by atoms with E-state index in [1.807, 2.05) is 6.07 Å².